The third-order valence-corrected chi connectivity index (χ3v) is 3.72. The summed E-state index contributed by atoms with van der Waals surface area (Å²) in [4.78, 5) is 11.8. The minimum Gasteiger partial charge on any atom is -0.481 e. The number of hydrogen-bond acceptors (Lipinski definition) is 3. The summed E-state index contributed by atoms with van der Waals surface area (Å²) in [7, 11) is 0. The summed E-state index contributed by atoms with van der Waals surface area (Å²) in [5.74, 6) is -0.942. The standard InChI is InChI=1S/C10H12O3S/c11-9(12)5-6-1-2-8-7(10(6)13)3-4-14-8/h3-4,6,10,13H,1-2,5H2,(H,11,12). The van der Waals surface area contributed by atoms with E-state index in [1.807, 2.05) is 11.4 Å². The zero-order chi connectivity index (χ0) is 10.1. The Bertz CT molecular complexity index is 345. The molecule has 2 N–H and O–H groups in total. The number of carbonyl (C=O) groups is 1. The van der Waals surface area contributed by atoms with E-state index in [0.29, 0.717) is 0 Å². The SMILES string of the molecule is O=C(O)CC1CCc2sccc2C1O. The van der Waals surface area contributed by atoms with E-state index in [0.717, 1.165) is 18.4 Å². The molecule has 2 unspecified atom stereocenters. The van der Waals surface area contributed by atoms with Crippen LogP contribution >= 0.6 is 11.3 Å². The van der Waals surface area contributed by atoms with E-state index >= 15 is 0 Å². The van der Waals surface area contributed by atoms with Crippen LogP contribution in [0.4, 0.5) is 0 Å². The molecule has 2 rings (SSSR count). The van der Waals surface area contributed by atoms with E-state index in [1.165, 1.54) is 4.88 Å². The van der Waals surface area contributed by atoms with E-state index in [-0.39, 0.29) is 12.3 Å². The highest BCUT2D eigenvalue weighted by Gasteiger charge is 2.29. The second-order valence-corrected chi connectivity index (χ2v) is 4.64. The van der Waals surface area contributed by atoms with Crippen LogP contribution in [0, 0.1) is 5.92 Å². The first kappa shape index (κ1) is 9.68. The molecule has 0 saturated heterocycles. The van der Waals surface area contributed by atoms with Crippen LogP contribution in [0.1, 0.15) is 29.4 Å². The molecule has 76 valence electrons. The van der Waals surface area contributed by atoms with Crippen molar-refractivity contribution in [2.24, 2.45) is 5.92 Å². The van der Waals surface area contributed by atoms with Crippen LogP contribution in [0.25, 0.3) is 0 Å². The third-order valence-electron chi connectivity index (χ3n) is 2.72. The maximum atomic E-state index is 10.6. The van der Waals surface area contributed by atoms with Crippen LogP contribution in [0.5, 0.6) is 0 Å². The van der Waals surface area contributed by atoms with Gasteiger partial charge in [0.15, 0.2) is 0 Å². The number of fused-ring (bicyclic) bond motifs is 1. The van der Waals surface area contributed by atoms with Gasteiger partial charge >= 0.3 is 5.97 Å². The molecule has 0 aromatic carbocycles. The first-order valence-corrected chi connectivity index (χ1v) is 5.52. The molecule has 1 heterocycles. The highest BCUT2D eigenvalue weighted by Crippen LogP contribution is 2.38. The lowest BCUT2D eigenvalue weighted by Crippen LogP contribution is -2.21. The second kappa shape index (κ2) is 3.71. The van der Waals surface area contributed by atoms with Crippen molar-refractivity contribution in [2.75, 3.05) is 0 Å². The van der Waals surface area contributed by atoms with Crippen molar-refractivity contribution < 1.29 is 15.0 Å². The van der Waals surface area contributed by atoms with Crippen molar-refractivity contribution >= 4 is 17.3 Å². The zero-order valence-corrected chi connectivity index (χ0v) is 8.46. The van der Waals surface area contributed by atoms with Crippen LogP contribution < -0.4 is 0 Å². The number of hydrogen-bond donors (Lipinski definition) is 2. The lowest BCUT2D eigenvalue weighted by atomic mass is 9.84. The fourth-order valence-electron chi connectivity index (χ4n) is 1.98. The number of thiophene rings is 1. The summed E-state index contributed by atoms with van der Waals surface area (Å²) in [5, 5.41) is 20.5. The Balaban J connectivity index is 2.16. The molecule has 0 bridgehead atoms. The van der Waals surface area contributed by atoms with Crippen molar-refractivity contribution in [1.29, 1.82) is 0 Å². The molecule has 1 aliphatic rings. The first-order chi connectivity index (χ1) is 6.68. The van der Waals surface area contributed by atoms with Gasteiger partial charge in [-0.3, -0.25) is 4.79 Å². The van der Waals surface area contributed by atoms with E-state index in [4.69, 9.17) is 5.11 Å². The molecule has 0 radical (unpaired) electrons. The van der Waals surface area contributed by atoms with Crippen molar-refractivity contribution in [3.63, 3.8) is 0 Å². The molecule has 0 saturated carbocycles. The topological polar surface area (TPSA) is 57.5 Å². The summed E-state index contributed by atoms with van der Waals surface area (Å²) in [5.41, 5.74) is 0.938. The normalized spacial score (nSPS) is 25.8. The van der Waals surface area contributed by atoms with E-state index in [2.05, 4.69) is 0 Å². The Hall–Kier alpha value is -0.870. The average molecular weight is 212 g/mol. The Morgan fingerprint density at radius 1 is 1.64 bits per heavy atom. The van der Waals surface area contributed by atoms with Gasteiger partial charge < -0.3 is 10.2 Å². The number of carboxylic acids is 1. The molecule has 2 atom stereocenters. The quantitative estimate of drug-likeness (QED) is 0.786. The van der Waals surface area contributed by atoms with Crippen molar-refractivity contribution in [3.05, 3.63) is 21.9 Å². The number of aliphatic hydroxyl groups is 1. The summed E-state index contributed by atoms with van der Waals surface area (Å²) >= 11 is 1.64. The van der Waals surface area contributed by atoms with Gasteiger partial charge in [-0.1, -0.05) is 0 Å². The average Bonchev–Trinajstić information content (AvgIpc) is 2.57. The molecule has 4 heteroatoms. The van der Waals surface area contributed by atoms with Gasteiger partial charge in [-0.05, 0) is 35.8 Å². The maximum absolute atomic E-state index is 10.6. The van der Waals surface area contributed by atoms with Gasteiger partial charge in [0.05, 0.1) is 12.5 Å². The number of carboxylic acid groups (broad SMARTS) is 1. The van der Waals surface area contributed by atoms with Gasteiger partial charge in [0.1, 0.15) is 0 Å². The van der Waals surface area contributed by atoms with E-state index < -0.39 is 12.1 Å². The Morgan fingerprint density at radius 2 is 2.43 bits per heavy atom. The minimum absolute atomic E-state index is 0.0659. The van der Waals surface area contributed by atoms with Gasteiger partial charge in [-0.25, -0.2) is 0 Å². The predicted octanol–water partition coefficient (Wildman–Crippen LogP) is 1.82. The zero-order valence-electron chi connectivity index (χ0n) is 7.64. The molecule has 1 aromatic rings. The van der Waals surface area contributed by atoms with Crippen molar-refractivity contribution in [3.8, 4) is 0 Å². The summed E-state index contributed by atoms with van der Waals surface area (Å²) < 4.78 is 0. The van der Waals surface area contributed by atoms with Gasteiger partial charge in [-0.2, -0.15) is 0 Å². The van der Waals surface area contributed by atoms with Crippen LogP contribution in [-0.4, -0.2) is 16.2 Å². The monoisotopic (exact) mass is 212 g/mol. The Morgan fingerprint density at radius 3 is 3.14 bits per heavy atom. The lowest BCUT2D eigenvalue weighted by molar-refractivity contribution is -0.139. The van der Waals surface area contributed by atoms with Crippen molar-refractivity contribution in [2.45, 2.75) is 25.4 Å². The van der Waals surface area contributed by atoms with Crippen LogP contribution in [0.15, 0.2) is 11.4 Å². The molecule has 0 spiro atoms. The fraction of sp³-hybridized carbons (Fsp3) is 0.500. The molecule has 3 nitrogen and oxygen atoms in total. The molecule has 14 heavy (non-hydrogen) atoms. The summed E-state index contributed by atoms with van der Waals surface area (Å²) in [6, 6.07) is 1.90. The van der Waals surface area contributed by atoms with Crippen LogP contribution in [0.3, 0.4) is 0 Å². The van der Waals surface area contributed by atoms with Gasteiger partial charge in [0, 0.05) is 4.88 Å². The number of rotatable bonds is 2. The molecule has 0 amide bonds. The smallest absolute Gasteiger partial charge is 0.303 e. The highest BCUT2D eigenvalue weighted by atomic mass is 32.1. The summed E-state index contributed by atoms with van der Waals surface area (Å²) in [6.07, 6.45) is 1.17. The van der Waals surface area contributed by atoms with Crippen molar-refractivity contribution in [1.82, 2.24) is 0 Å². The minimum atomic E-state index is -0.826. The highest BCUT2D eigenvalue weighted by molar-refractivity contribution is 7.10. The molecule has 1 aromatic heterocycles. The van der Waals surface area contributed by atoms with E-state index in [9.17, 15) is 9.90 Å². The maximum Gasteiger partial charge on any atom is 0.303 e. The predicted molar refractivity (Wildman–Crippen MR) is 53.3 cm³/mol. The largest absolute Gasteiger partial charge is 0.481 e. The number of aliphatic carboxylic acids is 1. The third kappa shape index (κ3) is 1.67. The van der Waals surface area contributed by atoms with E-state index in [1.54, 1.807) is 11.3 Å². The first-order valence-electron chi connectivity index (χ1n) is 4.64. The van der Waals surface area contributed by atoms with Gasteiger partial charge in [0.2, 0.25) is 0 Å². The number of aliphatic hydroxyl groups excluding tert-OH is 1. The summed E-state index contributed by atoms with van der Waals surface area (Å²) in [6.45, 7) is 0. The molecule has 0 fully saturated rings. The van der Waals surface area contributed by atoms with Gasteiger partial charge in [0.25, 0.3) is 0 Å². The lowest BCUT2D eigenvalue weighted by Gasteiger charge is -2.26. The Kier molecular flexibility index (Phi) is 2.56. The molecule has 1 aliphatic carbocycles. The van der Waals surface area contributed by atoms with Crippen LogP contribution in [-0.2, 0) is 11.2 Å². The molecular formula is C10H12O3S. The fourth-order valence-corrected chi connectivity index (χ4v) is 2.92. The second-order valence-electron chi connectivity index (χ2n) is 3.64. The molecular weight excluding hydrogens is 200 g/mol. The van der Waals surface area contributed by atoms with Crippen LogP contribution in [0.2, 0.25) is 0 Å². The Labute approximate surface area is 86.0 Å². The van der Waals surface area contributed by atoms with Gasteiger partial charge in [-0.15, -0.1) is 11.3 Å². The molecule has 0 aliphatic heterocycles. The number of aryl methyl sites for hydroxylation is 1.